The Bertz CT molecular complexity index is 874. The SMILES string of the molecule is CCOc1cc(C(CC([NH])=O)N2C(=O)c3ccccc3C2=O)ccc1OC. The highest BCUT2D eigenvalue weighted by atomic mass is 16.5. The number of carbonyl (C=O) groups is 3. The second kappa shape index (κ2) is 7.49. The monoisotopic (exact) mass is 367 g/mol. The number of imide groups is 1. The van der Waals surface area contributed by atoms with Gasteiger partial charge in [-0.05, 0) is 36.8 Å². The molecule has 0 fully saturated rings. The zero-order chi connectivity index (χ0) is 19.6. The summed E-state index contributed by atoms with van der Waals surface area (Å²) < 4.78 is 10.8. The van der Waals surface area contributed by atoms with Crippen LogP contribution in [0.1, 0.15) is 45.7 Å². The summed E-state index contributed by atoms with van der Waals surface area (Å²) in [5, 5.41) is 0. The summed E-state index contributed by atoms with van der Waals surface area (Å²) >= 11 is 0. The molecule has 0 aromatic heterocycles. The molecule has 3 rings (SSSR count). The van der Waals surface area contributed by atoms with Crippen LogP contribution in [0.25, 0.3) is 0 Å². The van der Waals surface area contributed by atoms with Crippen LogP contribution in [0.5, 0.6) is 11.5 Å². The van der Waals surface area contributed by atoms with Crippen molar-refractivity contribution in [3.8, 4) is 11.5 Å². The lowest BCUT2D eigenvalue weighted by molar-refractivity contribution is -0.119. The molecule has 0 spiro atoms. The molecule has 1 radical (unpaired) electrons. The van der Waals surface area contributed by atoms with E-state index in [0.29, 0.717) is 34.8 Å². The van der Waals surface area contributed by atoms with Gasteiger partial charge in [-0.3, -0.25) is 25.0 Å². The van der Waals surface area contributed by atoms with E-state index in [-0.39, 0.29) is 6.42 Å². The molecular weight excluding hydrogens is 348 g/mol. The standard InChI is InChI=1S/C20H19N2O5/c1-3-27-17-10-12(8-9-16(17)26-2)15(11-18(21)23)22-19(24)13-6-4-5-7-14(13)20(22)25/h4-10,15,21H,3,11H2,1-2H3. The van der Waals surface area contributed by atoms with E-state index < -0.39 is 23.8 Å². The number of nitrogens with zero attached hydrogens (tertiary/aromatic N) is 1. The Balaban J connectivity index is 2.06. The molecule has 2 aromatic rings. The molecule has 1 aliphatic rings. The highest BCUT2D eigenvalue weighted by Gasteiger charge is 2.41. The van der Waals surface area contributed by atoms with E-state index >= 15 is 0 Å². The van der Waals surface area contributed by atoms with E-state index in [0.717, 1.165) is 4.90 Å². The third kappa shape index (κ3) is 3.36. The Morgan fingerprint density at radius 2 is 1.70 bits per heavy atom. The van der Waals surface area contributed by atoms with Gasteiger partial charge in [0.05, 0.1) is 37.3 Å². The van der Waals surface area contributed by atoms with Gasteiger partial charge in [-0.1, -0.05) is 18.2 Å². The van der Waals surface area contributed by atoms with Crippen LogP contribution >= 0.6 is 0 Å². The number of fused-ring (bicyclic) bond motifs is 1. The van der Waals surface area contributed by atoms with Crippen molar-refractivity contribution in [1.29, 1.82) is 0 Å². The second-order valence-corrected chi connectivity index (χ2v) is 6.01. The van der Waals surface area contributed by atoms with Crippen molar-refractivity contribution in [2.45, 2.75) is 19.4 Å². The van der Waals surface area contributed by atoms with Crippen molar-refractivity contribution >= 4 is 17.7 Å². The van der Waals surface area contributed by atoms with Gasteiger partial charge < -0.3 is 9.47 Å². The minimum atomic E-state index is -0.896. The first-order chi connectivity index (χ1) is 13.0. The van der Waals surface area contributed by atoms with Gasteiger partial charge in [0, 0.05) is 0 Å². The van der Waals surface area contributed by atoms with Crippen LogP contribution in [0, 0.1) is 0 Å². The van der Waals surface area contributed by atoms with Gasteiger partial charge in [-0.15, -0.1) is 0 Å². The molecule has 3 amide bonds. The Morgan fingerprint density at radius 3 is 2.22 bits per heavy atom. The molecule has 139 valence electrons. The first-order valence-corrected chi connectivity index (χ1v) is 8.50. The number of hydrogen-bond acceptors (Lipinski definition) is 5. The highest BCUT2D eigenvalue weighted by Crippen LogP contribution is 2.37. The van der Waals surface area contributed by atoms with Crippen LogP contribution in [0.4, 0.5) is 0 Å². The Hall–Kier alpha value is -3.35. The van der Waals surface area contributed by atoms with Crippen LogP contribution in [-0.2, 0) is 4.79 Å². The lowest BCUT2D eigenvalue weighted by atomic mass is 10.0. The zero-order valence-electron chi connectivity index (χ0n) is 15.0. The van der Waals surface area contributed by atoms with E-state index in [1.807, 2.05) is 6.92 Å². The molecule has 0 aliphatic carbocycles. The molecule has 1 unspecified atom stereocenters. The van der Waals surface area contributed by atoms with E-state index in [1.54, 1.807) is 42.5 Å². The van der Waals surface area contributed by atoms with Crippen molar-refractivity contribution in [2.75, 3.05) is 13.7 Å². The smallest absolute Gasteiger partial charge is 0.262 e. The summed E-state index contributed by atoms with van der Waals surface area (Å²) in [6, 6.07) is 10.6. The summed E-state index contributed by atoms with van der Waals surface area (Å²) in [6.45, 7) is 2.22. The third-order valence-corrected chi connectivity index (χ3v) is 4.39. The lowest BCUT2D eigenvalue weighted by Crippen LogP contribution is -2.35. The Kier molecular flexibility index (Phi) is 5.12. The lowest BCUT2D eigenvalue weighted by Gasteiger charge is -2.26. The molecular formula is C20H19N2O5. The highest BCUT2D eigenvalue weighted by molar-refractivity contribution is 6.21. The number of methoxy groups -OCH3 is 1. The zero-order valence-corrected chi connectivity index (χ0v) is 15.0. The summed E-state index contributed by atoms with van der Waals surface area (Å²) in [6.07, 6.45) is -0.302. The number of amides is 3. The van der Waals surface area contributed by atoms with E-state index in [4.69, 9.17) is 15.2 Å². The Morgan fingerprint density at radius 1 is 1.07 bits per heavy atom. The van der Waals surface area contributed by atoms with Gasteiger partial charge in [-0.2, -0.15) is 0 Å². The summed E-state index contributed by atoms with van der Waals surface area (Å²) in [4.78, 5) is 38.2. The molecule has 1 aliphatic heterocycles. The molecule has 0 saturated heterocycles. The van der Waals surface area contributed by atoms with Crippen molar-refractivity contribution < 1.29 is 23.9 Å². The maximum absolute atomic E-state index is 12.8. The molecule has 2 aromatic carbocycles. The van der Waals surface area contributed by atoms with Gasteiger partial charge in [0.15, 0.2) is 11.5 Å². The molecule has 0 saturated carbocycles. The molecule has 1 N–H and O–H groups in total. The maximum Gasteiger partial charge on any atom is 0.262 e. The summed E-state index contributed by atoms with van der Waals surface area (Å²) in [5.74, 6) is -0.882. The van der Waals surface area contributed by atoms with E-state index in [1.165, 1.54) is 7.11 Å². The van der Waals surface area contributed by atoms with Crippen molar-refractivity contribution in [2.24, 2.45) is 0 Å². The number of nitrogens with one attached hydrogen (secondary N) is 1. The average Bonchev–Trinajstić information content (AvgIpc) is 2.91. The van der Waals surface area contributed by atoms with Crippen LogP contribution < -0.4 is 15.2 Å². The minimum Gasteiger partial charge on any atom is -0.493 e. The van der Waals surface area contributed by atoms with Crippen molar-refractivity contribution in [1.82, 2.24) is 10.6 Å². The van der Waals surface area contributed by atoms with Crippen molar-refractivity contribution in [3.63, 3.8) is 0 Å². The van der Waals surface area contributed by atoms with Crippen LogP contribution in [0.3, 0.4) is 0 Å². The maximum atomic E-state index is 12.8. The third-order valence-electron chi connectivity index (χ3n) is 4.39. The van der Waals surface area contributed by atoms with Gasteiger partial charge in [0.2, 0.25) is 5.91 Å². The molecule has 7 nitrogen and oxygen atoms in total. The van der Waals surface area contributed by atoms with Crippen molar-refractivity contribution in [3.05, 3.63) is 59.2 Å². The number of hydrogen-bond donors (Lipinski definition) is 0. The first kappa shape index (κ1) is 18.4. The molecule has 0 bridgehead atoms. The summed E-state index contributed by atoms with van der Waals surface area (Å²) in [7, 11) is 1.51. The number of benzene rings is 2. The molecule has 7 heteroatoms. The number of rotatable bonds is 7. The second-order valence-electron chi connectivity index (χ2n) is 6.01. The van der Waals surface area contributed by atoms with Crippen LogP contribution in [0.15, 0.2) is 42.5 Å². The fourth-order valence-corrected chi connectivity index (χ4v) is 3.19. The Labute approximate surface area is 156 Å². The predicted molar refractivity (Wildman–Crippen MR) is 96.6 cm³/mol. The van der Waals surface area contributed by atoms with Gasteiger partial charge in [-0.25, -0.2) is 0 Å². The minimum absolute atomic E-state index is 0.295. The van der Waals surface area contributed by atoms with Gasteiger partial charge in [0.25, 0.3) is 11.8 Å². The average molecular weight is 367 g/mol. The summed E-state index contributed by atoms with van der Waals surface area (Å²) in [5.41, 5.74) is 8.50. The van der Waals surface area contributed by atoms with Gasteiger partial charge in [0.1, 0.15) is 0 Å². The predicted octanol–water partition coefficient (Wildman–Crippen LogP) is 2.63. The first-order valence-electron chi connectivity index (χ1n) is 8.50. The molecule has 27 heavy (non-hydrogen) atoms. The fraction of sp³-hybridized carbons (Fsp3) is 0.250. The van der Waals surface area contributed by atoms with Gasteiger partial charge >= 0.3 is 0 Å². The quantitative estimate of drug-likeness (QED) is 0.701. The van der Waals surface area contributed by atoms with E-state index in [2.05, 4.69) is 0 Å². The molecule has 1 heterocycles. The topological polar surface area (TPSA) is 96.7 Å². The normalized spacial score (nSPS) is 14.1. The van der Waals surface area contributed by atoms with Crippen LogP contribution in [-0.4, -0.2) is 36.3 Å². The largest absolute Gasteiger partial charge is 0.493 e. The molecule has 1 atom stereocenters. The fourth-order valence-electron chi connectivity index (χ4n) is 3.19. The number of carbonyl (C=O) groups excluding carboxylic acids is 3. The van der Waals surface area contributed by atoms with E-state index in [9.17, 15) is 14.4 Å². The number of ether oxygens (including phenoxy) is 2. The van der Waals surface area contributed by atoms with Crippen LogP contribution in [0.2, 0.25) is 0 Å².